The highest BCUT2D eigenvalue weighted by Crippen LogP contribution is 2.24. The van der Waals surface area contributed by atoms with Crippen LogP contribution in [0, 0.1) is 0 Å². The van der Waals surface area contributed by atoms with Gasteiger partial charge in [-0.2, -0.15) is 0 Å². The normalized spacial score (nSPS) is 12.0. The van der Waals surface area contributed by atoms with Gasteiger partial charge in [-0.1, -0.05) is 20.8 Å². The zero-order valence-corrected chi connectivity index (χ0v) is 13.2. The Morgan fingerprint density at radius 1 is 1.24 bits per heavy atom. The number of imidazole rings is 1. The van der Waals surface area contributed by atoms with Gasteiger partial charge in [-0.25, -0.2) is 19.9 Å². The molecule has 110 valence electrons. The van der Waals surface area contributed by atoms with Crippen LogP contribution in [0.15, 0.2) is 18.0 Å². The predicted octanol–water partition coefficient (Wildman–Crippen LogP) is 2.76. The minimum atomic E-state index is 0.108. The maximum atomic E-state index is 4.69. The van der Waals surface area contributed by atoms with Crippen LogP contribution in [0.3, 0.4) is 0 Å². The molecule has 0 aliphatic rings. The van der Waals surface area contributed by atoms with Crippen molar-refractivity contribution in [3.63, 3.8) is 0 Å². The third-order valence-electron chi connectivity index (χ3n) is 3.17. The molecular weight excluding hydrogens is 284 g/mol. The Balaban J connectivity index is 1.64. The van der Waals surface area contributed by atoms with Crippen LogP contribution in [0.5, 0.6) is 0 Å². The number of thiazole rings is 1. The summed E-state index contributed by atoms with van der Waals surface area (Å²) in [4.78, 5) is 20.2. The van der Waals surface area contributed by atoms with E-state index in [1.54, 1.807) is 17.7 Å². The molecule has 0 fully saturated rings. The van der Waals surface area contributed by atoms with E-state index in [0.29, 0.717) is 5.65 Å². The average molecular weight is 302 g/mol. The summed E-state index contributed by atoms with van der Waals surface area (Å²) < 4.78 is 0. The van der Waals surface area contributed by atoms with Gasteiger partial charge < -0.3 is 10.3 Å². The van der Waals surface area contributed by atoms with E-state index in [1.165, 1.54) is 6.33 Å². The molecule has 21 heavy (non-hydrogen) atoms. The number of anilines is 1. The van der Waals surface area contributed by atoms with Gasteiger partial charge in [0.2, 0.25) is 0 Å². The summed E-state index contributed by atoms with van der Waals surface area (Å²) in [6, 6.07) is 0. The summed E-state index contributed by atoms with van der Waals surface area (Å²) in [7, 11) is 0. The fourth-order valence-electron chi connectivity index (χ4n) is 1.96. The lowest BCUT2D eigenvalue weighted by molar-refractivity contribution is 0.571. The Bertz CT molecular complexity index is 739. The van der Waals surface area contributed by atoms with Gasteiger partial charge in [0.1, 0.15) is 11.8 Å². The van der Waals surface area contributed by atoms with Crippen molar-refractivity contribution in [3.8, 4) is 0 Å². The van der Waals surface area contributed by atoms with E-state index in [0.717, 1.165) is 35.0 Å². The number of aromatic nitrogens is 5. The van der Waals surface area contributed by atoms with Gasteiger partial charge in [0, 0.05) is 23.8 Å². The second kappa shape index (κ2) is 5.40. The molecule has 0 bridgehead atoms. The van der Waals surface area contributed by atoms with E-state index in [9.17, 15) is 0 Å². The molecule has 3 aromatic heterocycles. The minimum Gasteiger partial charge on any atom is -0.368 e. The van der Waals surface area contributed by atoms with E-state index in [-0.39, 0.29) is 5.41 Å². The van der Waals surface area contributed by atoms with Crippen molar-refractivity contribution in [2.45, 2.75) is 32.6 Å². The van der Waals surface area contributed by atoms with Crippen molar-refractivity contribution in [2.24, 2.45) is 0 Å². The first kappa shape index (κ1) is 13.9. The van der Waals surface area contributed by atoms with Crippen molar-refractivity contribution in [1.82, 2.24) is 24.9 Å². The Hall–Kier alpha value is -2.02. The SMILES string of the molecule is CC(C)(C)c1csc(CCNc2ncnc3nc[nH]c23)n1. The van der Waals surface area contributed by atoms with Crippen molar-refractivity contribution >= 4 is 28.3 Å². The molecule has 0 amide bonds. The maximum absolute atomic E-state index is 4.69. The fraction of sp³-hybridized carbons (Fsp3) is 0.429. The van der Waals surface area contributed by atoms with Gasteiger partial charge in [0.05, 0.1) is 17.0 Å². The molecule has 2 N–H and O–H groups in total. The quantitative estimate of drug-likeness (QED) is 0.774. The smallest absolute Gasteiger partial charge is 0.182 e. The van der Waals surface area contributed by atoms with Gasteiger partial charge in [-0.05, 0) is 0 Å². The van der Waals surface area contributed by atoms with Crippen LogP contribution in [0.25, 0.3) is 11.2 Å². The van der Waals surface area contributed by atoms with Crippen LogP contribution in [0.4, 0.5) is 5.82 Å². The lowest BCUT2D eigenvalue weighted by Gasteiger charge is -2.14. The van der Waals surface area contributed by atoms with Gasteiger partial charge in [-0.3, -0.25) is 0 Å². The molecule has 0 atom stereocenters. The van der Waals surface area contributed by atoms with Crippen LogP contribution in [0.2, 0.25) is 0 Å². The van der Waals surface area contributed by atoms with Crippen molar-refractivity contribution in [3.05, 3.63) is 28.7 Å². The fourth-order valence-corrected chi connectivity index (χ4v) is 2.98. The number of hydrogen-bond acceptors (Lipinski definition) is 6. The van der Waals surface area contributed by atoms with Crippen LogP contribution < -0.4 is 5.32 Å². The Labute approximate surface area is 127 Å². The monoisotopic (exact) mass is 302 g/mol. The second-order valence-electron chi connectivity index (χ2n) is 5.88. The lowest BCUT2D eigenvalue weighted by Crippen LogP contribution is -2.12. The summed E-state index contributed by atoms with van der Waals surface area (Å²) in [6.07, 6.45) is 4.02. The highest BCUT2D eigenvalue weighted by molar-refractivity contribution is 7.09. The van der Waals surface area contributed by atoms with E-state index < -0.39 is 0 Å². The third-order valence-corrected chi connectivity index (χ3v) is 4.08. The molecule has 7 heteroatoms. The molecule has 3 heterocycles. The number of nitrogens with zero attached hydrogens (tertiary/aromatic N) is 4. The minimum absolute atomic E-state index is 0.108. The lowest BCUT2D eigenvalue weighted by atomic mass is 9.93. The molecule has 0 saturated carbocycles. The zero-order valence-electron chi connectivity index (χ0n) is 12.3. The molecule has 0 aliphatic carbocycles. The Kier molecular flexibility index (Phi) is 3.59. The first-order valence-electron chi connectivity index (χ1n) is 6.87. The van der Waals surface area contributed by atoms with E-state index in [4.69, 9.17) is 4.98 Å². The Morgan fingerprint density at radius 3 is 2.86 bits per heavy atom. The number of fused-ring (bicyclic) bond motifs is 1. The summed E-state index contributed by atoms with van der Waals surface area (Å²) in [6.45, 7) is 7.32. The zero-order chi connectivity index (χ0) is 14.9. The molecule has 0 unspecified atom stereocenters. The van der Waals surface area contributed by atoms with Crippen molar-refractivity contribution in [2.75, 3.05) is 11.9 Å². The van der Waals surface area contributed by atoms with Gasteiger partial charge in [0.25, 0.3) is 0 Å². The van der Waals surface area contributed by atoms with Crippen LogP contribution >= 0.6 is 11.3 Å². The molecule has 6 nitrogen and oxygen atoms in total. The molecule has 0 saturated heterocycles. The summed E-state index contributed by atoms with van der Waals surface area (Å²) in [5.41, 5.74) is 2.78. The molecule has 0 aromatic carbocycles. The molecule has 3 rings (SSSR count). The largest absolute Gasteiger partial charge is 0.368 e. The highest BCUT2D eigenvalue weighted by atomic mass is 32.1. The van der Waals surface area contributed by atoms with Gasteiger partial charge in [0.15, 0.2) is 11.5 Å². The van der Waals surface area contributed by atoms with Crippen LogP contribution in [0.1, 0.15) is 31.5 Å². The topological polar surface area (TPSA) is 79.4 Å². The maximum Gasteiger partial charge on any atom is 0.182 e. The van der Waals surface area contributed by atoms with Crippen molar-refractivity contribution < 1.29 is 0 Å². The van der Waals surface area contributed by atoms with Gasteiger partial charge in [-0.15, -0.1) is 11.3 Å². The first-order valence-corrected chi connectivity index (χ1v) is 7.75. The first-order chi connectivity index (χ1) is 10.0. The summed E-state index contributed by atoms with van der Waals surface area (Å²) in [5.74, 6) is 0.783. The highest BCUT2D eigenvalue weighted by Gasteiger charge is 2.17. The van der Waals surface area contributed by atoms with Crippen LogP contribution in [-0.4, -0.2) is 31.5 Å². The second-order valence-corrected chi connectivity index (χ2v) is 6.82. The number of H-pyrrole nitrogens is 1. The number of hydrogen-bond donors (Lipinski definition) is 2. The molecule has 3 aromatic rings. The van der Waals surface area contributed by atoms with Gasteiger partial charge >= 0.3 is 0 Å². The van der Waals surface area contributed by atoms with E-state index in [2.05, 4.69) is 51.4 Å². The van der Waals surface area contributed by atoms with E-state index in [1.807, 2.05) is 0 Å². The predicted molar refractivity (Wildman–Crippen MR) is 84.7 cm³/mol. The molecule has 0 radical (unpaired) electrons. The average Bonchev–Trinajstić information content (AvgIpc) is 3.06. The number of rotatable bonds is 4. The summed E-state index contributed by atoms with van der Waals surface area (Å²) >= 11 is 1.71. The van der Waals surface area contributed by atoms with Crippen molar-refractivity contribution in [1.29, 1.82) is 0 Å². The molecule has 0 spiro atoms. The standard InChI is InChI=1S/C14H18N6S/c1-14(2,3)9-6-21-10(20-9)4-5-15-12-11-13(17-7-16-11)19-8-18-12/h6-8H,4-5H2,1-3H3,(H2,15,16,17,18,19). The number of aromatic amines is 1. The van der Waals surface area contributed by atoms with E-state index >= 15 is 0 Å². The summed E-state index contributed by atoms with van der Waals surface area (Å²) in [5, 5.41) is 6.60. The molecule has 0 aliphatic heterocycles. The number of nitrogens with one attached hydrogen (secondary N) is 2. The molecular formula is C14H18N6S. The third kappa shape index (κ3) is 3.02. The Morgan fingerprint density at radius 2 is 2.10 bits per heavy atom. The van der Waals surface area contributed by atoms with Crippen LogP contribution in [-0.2, 0) is 11.8 Å².